The van der Waals surface area contributed by atoms with Crippen LogP contribution in [0.15, 0.2) is 48.5 Å². The van der Waals surface area contributed by atoms with Crippen molar-refractivity contribution >= 4 is 18.0 Å². The molecule has 0 N–H and O–H groups in total. The molecule has 0 saturated heterocycles. The lowest BCUT2D eigenvalue weighted by Gasteiger charge is -2.14. The molecule has 0 spiro atoms. The molecule has 19 heavy (non-hydrogen) atoms. The predicted molar refractivity (Wildman–Crippen MR) is 65.3 cm³/mol. The SMILES string of the molecule is O=[C]N(C(=O)c1ccc(F)cc1)c1ccc(F)cc1. The second kappa shape index (κ2) is 5.39. The third-order valence-corrected chi connectivity index (χ3v) is 2.47. The molecule has 2 rings (SSSR count). The molecule has 0 atom stereocenters. The van der Waals surface area contributed by atoms with Crippen LogP contribution in [-0.2, 0) is 4.79 Å². The summed E-state index contributed by atoms with van der Waals surface area (Å²) in [5, 5.41) is 0. The number of benzene rings is 2. The summed E-state index contributed by atoms with van der Waals surface area (Å²) < 4.78 is 25.5. The van der Waals surface area contributed by atoms with Crippen molar-refractivity contribution in [3.05, 3.63) is 65.7 Å². The van der Waals surface area contributed by atoms with Gasteiger partial charge in [-0.2, -0.15) is 0 Å². The van der Waals surface area contributed by atoms with Crippen LogP contribution >= 0.6 is 0 Å². The Bertz CT molecular complexity index is 594. The molecule has 2 aromatic rings. The van der Waals surface area contributed by atoms with Gasteiger partial charge in [0, 0.05) is 5.56 Å². The normalized spacial score (nSPS) is 10.0. The van der Waals surface area contributed by atoms with Gasteiger partial charge in [0.15, 0.2) is 0 Å². The number of anilines is 1. The third-order valence-electron chi connectivity index (χ3n) is 2.47. The number of nitrogens with zero attached hydrogens (tertiary/aromatic N) is 1. The maximum atomic E-state index is 12.8. The Kier molecular flexibility index (Phi) is 3.66. The highest BCUT2D eigenvalue weighted by Gasteiger charge is 2.18. The number of amides is 2. The second-order valence-electron chi connectivity index (χ2n) is 3.72. The first-order chi connectivity index (χ1) is 9.11. The van der Waals surface area contributed by atoms with E-state index in [-0.39, 0.29) is 11.3 Å². The van der Waals surface area contributed by atoms with Gasteiger partial charge in [0.2, 0.25) is 0 Å². The molecular weight excluding hydrogens is 252 g/mol. The van der Waals surface area contributed by atoms with Crippen molar-refractivity contribution in [2.45, 2.75) is 0 Å². The summed E-state index contributed by atoms with van der Waals surface area (Å²) in [6.45, 7) is 0. The van der Waals surface area contributed by atoms with Crippen LogP contribution in [-0.4, -0.2) is 12.3 Å². The van der Waals surface area contributed by atoms with Crippen molar-refractivity contribution in [3.63, 3.8) is 0 Å². The van der Waals surface area contributed by atoms with E-state index in [1.54, 1.807) is 0 Å². The van der Waals surface area contributed by atoms with E-state index in [0.29, 0.717) is 4.90 Å². The summed E-state index contributed by atoms with van der Waals surface area (Å²) in [5.41, 5.74) is 0.319. The molecule has 0 unspecified atom stereocenters. The fraction of sp³-hybridized carbons (Fsp3) is 0. The van der Waals surface area contributed by atoms with Gasteiger partial charge in [-0.05, 0) is 48.5 Å². The Labute approximate surface area is 108 Å². The molecule has 0 aliphatic carbocycles. The van der Waals surface area contributed by atoms with Gasteiger partial charge in [0.25, 0.3) is 5.91 Å². The molecule has 0 fully saturated rings. The fourth-order valence-corrected chi connectivity index (χ4v) is 1.52. The number of carbonyl (C=O) groups excluding carboxylic acids is 2. The first-order valence-electron chi connectivity index (χ1n) is 5.35. The molecule has 0 bridgehead atoms. The Balaban J connectivity index is 2.31. The van der Waals surface area contributed by atoms with Crippen molar-refractivity contribution in [1.29, 1.82) is 0 Å². The topological polar surface area (TPSA) is 37.4 Å². The van der Waals surface area contributed by atoms with E-state index in [0.717, 1.165) is 24.3 Å². The highest BCUT2D eigenvalue weighted by molar-refractivity contribution is 6.15. The lowest BCUT2D eigenvalue weighted by atomic mass is 10.2. The van der Waals surface area contributed by atoms with E-state index in [9.17, 15) is 18.4 Å². The number of hydrogen-bond donors (Lipinski definition) is 0. The van der Waals surface area contributed by atoms with Gasteiger partial charge >= 0.3 is 6.41 Å². The number of imide groups is 1. The van der Waals surface area contributed by atoms with Gasteiger partial charge in [-0.3, -0.25) is 9.59 Å². The van der Waals surface area contributed by atoms with E-state index in [1.807, 2.05) is 0 Å². The molecule has 0 aliphatic rings. The van der Waals surface area contributed by atoms with Crippen molar-refractivity contribution < 1.29 is 18.4 Å². The summed E-state index contributed by atoms with van der Waals surface area (Å²) in [6, 6.07) is 9.54. The van der Waals surface area contributed by atoms with Gasteiger partial charge in [-0.1, -0.05) is 0 Å². The minimum atomic E-state index is -0.665. The van der Waals surface area contributed by atoms with Crippen LogP contribution in [0.5, 0.6) is 0 Å². The van der Waals surface area contributed by atoms with E-state index in [2.05, 4.69) is 0 Å². The van der Waals surface area contributed by atoms with Crippen LogP contribution in [0.4, 0.5) is 14.5 Å². The van der Waals surface area contributed by atoms with Crippen LogP contribution < -0.4 is 4.90 Å². The van der Waals surface area contributed by atoms with Gasteiger partial charge in [0.1, 0.15) is 11.6 Å². The molecule has 2 aromatic carbocycles. The maximum Gasteiger partial charge on any atom is 0.324 e. The number of rotatable bonds is 3. The minimum Gasteiger partial charge on any atom is -0.268 e. The summed E-state index contributed by atoms with van der Waals surface area (Å²) in [7, 11) is 0. The van der Waals surface area contributed by atoms with Crippen molar-refractivity contribution in [2.24, 2.45) is 0 Å². The van der Waals surface area contributed by atoms with Gasteiger partial charge in [0.05, 0.1) is 5.69 Å². The zero-order valence-electron chi connectivity index (χ0n) is 9.64. The average Bonchev–Trinajstić information content (AvgIpc) is 2.42. The van der Waals surface area contributed by atoms with Crippen molar-refractivity contribution in [2.75, 3.05) is 4.90 Å². The Morgan fingerprint density at radius 1 is 0.895 bits per heavy atom. The molecule has 95 valence electrons. The van der Waals surface area contributed by atoms with Crippen LogP contribution in [0, 0.1) is 11.6 Å². The summed E-state index contributed by atoms with van der Waals surface area (Å²) >= 11 is 0. The third kappa shape index (κ3) is 2.82. The number of hydrogen-bond acceptors (Lipinski definition) is 2. The zero-order valence-corrected chi connectivity index (χ0v) is 9.64. The molecule has 3 nitrogen and oxygen atoms in total. The minimum absolute atomic E-state index is 0.133. The molecule has 2 amide bonds. The largest absolute Gasteiger partial charge is 0.324 e. The molecule has 0 aromatic heterocycles. The van der Waals surface area contributed by atoms with Crippen molar-refractivity contribution in [3.8, 4) is 0 Å². The van der Waals surface area contributed by atoms with Crippen LogP contribution in [0.1, 0.15) is 10.4 Å². The fourth-order valence-electron chi connectivity index (χ4n) is 1.52. The Morgan fingerprint density at radius 3 is 1.84 bits per heavy atom. The van der Waals surface area contributed by atoms with Crippen LogP contribution in [0.3, 0.4) is 0 Å². The van der Waals surface area contributed by atoms with Gasteiger partial charge < -0.3 is 0 Å². The van der Waals surface area contributed by atoms with E-state index >= 15 is 0 Å². The maximum absolute atomic E-state index is 12.8. The first kappa shape index (κ1) is 12.9. The molecule has 5 heteroatoms. The van der Waals surface area contributed by atoms with Crippen LogP contribution in [0.25, 0.3) is 0 Å². The average molecular weight is 260 g/mol. The first-order valence-corrected chi connectivity index (χ1v) is 5.35. The van der Waals surface area contributed by atoms with Gasteiger partial charge in [-0.15, -0.1) is 0 Å². The van der Waals surface area contributed by atoms with E-state index in [4.69, 9.17) is 0 Å². The summed E-state index contributed by atoms with van der Waals surface area (Å²) in [6.07, 6.45) is 1.47. The van der Waals surface area contributed by atoms with Gasteiger partial charge in [-0.25, -0.2) is 13.7 Å². The lowest BCUT2D eigenvalue weighted by Crippen LogP contribution is -2.29. The smallest absolute Gasteiger partial charge is 0.268 e. The molecule has 0 aliphatic heterocycles. The summed E-state index contributed by atoms with van der Waals surface area (Å²) in [5.74, 6) is -1.63. The number of halogens is 2. The van der Waals surface area contributed by atoms with E-state index in [1.165, 1.54) is 30.7 Å². The monoisotopic (exact) mass is 260 g/mol. The molecule has 1 radical (unpaired) electrons. The molecular formula is C14H8F2NO2. The summed E-state index contributed by atoms with van der Waals surface area (Å²) in [4.78, 5) is 23.6. The highest BCUT2D eigenvalue weighted by atomic mass is 19.1. The number of carbonyl (C=O) groups is 1. The van der Waals surface area contributed by atoms with E-state index < -0.39 is 17.5 Å². The van der Waals surface area contributed by atoms with Crippen LogP contribution in [0.2, 0.25) is 0 Å². The Morgan fingerprint density at radius 2 is 1.37 bits per heavy atom. The second-order valence-corrected chi connectivity index (χ2v) is 3.72. The quantitative estimate of drug-likeness (QED) is 0.796. The molecule has 0 saturated carbocycles. The lowest BCUT2D eigenvalue weighted by molar-refractivity contribution is 0.100. The standard InChI is InChI=1S/C14H8F2NO2/c15-11-3-1-10(2-4-11)14(19)17(9-18)13-7-5-12(16)6-8-13/h1-8H. The zero-order chi connectivity index (χ0) is 13.8. The molecule has 0 heterocycles. The predicted octanol–water partition coefficient (Wildman–Crippen LogP) is 2.68. The Hall–Kier alpha value is -2.56. The highest BCUT2D eigenvalue weighted by Crippen LogP contribution is 2.16. The van der Waals surface area contributed by atoms with Crippen molar-refractivity contribution in [1.82, 2.24) is 0 Å².